The van der Waals surface area contributed by atoms with E-state index in [0.717, 1.165) is 13.1 Å². The van der Waals surface area contributed by atoms with E-state index in [9.17, 15) is 4.79 Å². The number of nitrogens with one attached hydrogen (secondary N) is 2. The molecule has 1 unspecified atom stereocenters. The number of likely N-dealkylation sites (N-methyl/N-ethyl adjacent to an activating group) is 1. The molecule has 0 aromatic carbocycles. The second kappa shape index (κ2) is 8.53. The molecule has 0 aliphatic carbocycles. The maximum atomic E-state index is 10.9. The summed E-state index contributed by atoms with van der Waals surface area (Å²) in [7, 11) is 1.64. The topological polar surface area (TPSA) is 44.4 Å². The molecule has 90 valence electrons. The highest BCUT2D eigenvalue weighted by atomic mass is 16.2. The molecule has 4 nitrogen and oxygen atoms in total. The highest BCUT2D eigenvalue weighted by Gasteiger charge is 2.22. The van der Waals surface area contributed by atoms with E-state index in [1.54, 1.807) is 7.05 Å². The van der Waals surface area contributed by atoms with Gasteiger partial charge < -0.3 is 10.6 Å². The van der Waals surface area contributed by atoms with Crippen LogP contribution in [0.5, 0.6) is 0 Å². The summed E-state index contributed by atoms with van der Waals surface area (Å²) in [6.07, 6.45) is 2.46. The Morgan fingerprint density at radius 3 is 2.67 bits per heavy atom. The lowest BCUT2D eigenvalue weighted by atomic mass is 10.2. The first kappa shape index (κ1) is 14.2. The lowest BCUT2D eigenvalue weighted by molar-refractivity contribution is 0.230. The zero-order valence-corrected chi connectivity index (χ0v) is 10.5. The molecule has 0 saturated carbocycles. The van der Waals surface area contributed by atoms with Crippen molar-refractivity contribution in [1.82, 2.24) is 15.5 Å². The average Bonchev–Trinajstić information content (AvgIpc) is 2.75. The number of hydrogen-bond donors (Lipinski definition) is 2. The summed E-state index contributed by atoms with van der Waals surface area (Å²) in [5.74, 6) is 0. The molecule has 1 saturated heterocycles. The highest BCUT2D eigenvalue weighted by Crippen LogP contribution is 2.15. The van der Waals surface area contributed by atoms with Gasteiger partial charge in [0.1, 0.15) is 0 Å². The van der Waals surface area contributed by atoms with Crippen LogP contribution in [0.2, 0.25) is 0 Å². The summed E-state index contributed by atoms with van der Waals surface area (Å²) >= 11 is 0. The molecule has 15 heavy (non-hydrogen) atoms. The second-order valence-corrected chi connectivity index (χ2v) is 3.38. The Bertz CT molecular complexity index is 173. The Morgan fingerprint density at radius 2 is 2.13 bits per heavy atom. The van der Waals surface area contributed by atoms with Crippen molar-refractivity contribution >= 4 is 6.03 Å². The normalized spacial score (nSPS) is 20.4. The smallest absolute Gasteiger partial charge is 0.314 e. The molecule has 0 aromatic heterocycles. The van der Waals surface area contributed by atoms with Crippen LogP contribution in [-0.4, -0.2) is 43.7 Å². The van der Waals surface area contributed by atoms with Gasteiger partial charge in [-0.2, -0.15) is 0 Å². The van der Waals surface area contributed by atoms with E-state index in [0.29, 0.717) is 6.04 Å². The van der Waals surface area contributed by atoms with Gasteiger partial charge in [-0.05, 0) is 25.9 Å². The first-order chi connectivity index (χ1) is 7.27. The Kier molecular flexibility index (Phi) is 8.09. The van der Waals surface area contributed by atoms with Crippen molar-refractivity contribution in [2.75, 3.05) is 26.7 Å². The third-order valence-electron chi connectivity index (χ3n) is 2.63. The Balaban J connectivity index is 0.000000921. The lowest BCUT2D eigenvalue weighted by Crippen LogP contribution is -2.42. The quantitative estimate of drug-likeness (QED) is 0.748. The zero-order valence-electron chi connectivity index (χ0n) is 10.5. The van der Waals surface area contributed by atoms with Crippen molar-refractivity contribution < 1.29 is 4.79 Å². The van der Waals surface area contributed by atoms with Gasteiger partial charge in [0.2, 0.25) is 0 Å². The highest BCUT2D eigenvalue weighted by molar-refractivity contribution is 5.73. The minimum Gasteiger partial charge on any atom is -0.341 e. The first-order valence-electron chi connectivity index (χ1n) is 5.97. The van der Waals surface area contributed by atoms with Gasteiger partial charge in [0, 0.05) is 19.6 Å². The van der Waals surface area contributed by atoms with Crippen molar-refractivity contribution in [2.45, 2.75) is 39.7 Å². The first-order valence-corrected chi connectivity index (χ1v) is 5.97. The van der Waals surface area contributed by atoms with Crippen molar-refractivity contribution in [3.8, 4) is 0 Å². The van der Waals surface area contributed by atoms with E-state index < -0.39 is 0 Å². The number of nitrogens with zero attached hydrogens (tertiary/aromatic N) is 1. The SMILES string of the molecule is CC.CCN1CCCC1CNC(=O)NC. The van der Waals surface area contributed by atoms with Crippen LogP contribution in [0.3, 0.4) is 0 Å². The van der Waals surface area contributed by atoms with Crippen molar-refractivity contribution in [2.24, 2.45) is 0 Å². The van der Waals surface area contributed by atoms with Crippen molar-refractivity contribution in [1.29, 1.82) is 0 Å². The monoisotopic (exact) mass is 215 g/mol. The van der Waals surface area contributed by atoms with Crippen LogP contribution < -0.4 is 10.6 Å². The van der Waals surface area contributed by atoms with Crippen molar-refractivity contribution in [3.63, 3.8) is 0 Å². The third-order valence-corrected chi connectivity index (χ3v) is 2.63. The van der Waals surface area contributed by atoms with Gasteiger partial charge in [-0.3, -0.25) is 4.90 Å². The Labute approximate surface area is 93.4 Å². The number of hydrogen-bond acceptors (Lipinski definition) is 2. The van der Waals surface area contributed by atoms with Gasteiger partial charge in [-0.15, -0.1) is 0 Å². The van der Waals surface area contributed by atoms with Gasteiger partial charge in [-0.1, -0.05) is 20.8 Å². The number of rotatable bonds is 3. The molecule has 2 N–H and O–H groups in total. The number of likely N-dealkylation sites (tertiary alicyclic amines) is 1. The van der Waals surface area contributed by atoms with Gasteiger partial charge in [0.15, 0.2) is 0 Å². The van der Waals surface area contributed by atoms with Gasteiger partial charge in [0.25, 0.3) is 0 Å². The maximum absolute atomic E-state index is 10.9. The molecule has 0 aromatic rings. The minimum atomic E-state index is -0.0806. The number of amides is 2. The average molecular weight is 215 g/mol. The summed E-state index contributed by atoms with van der Waals surface area (Å²) in [6.45, 7) is 9.20. The summed E-state index contributed by atoms with van der Waals surface area (Å²) in [4.78, 5) is 13.3. The van der Waals surface area contributed by atoms with Crippen LogP contribution >= 0.6 is 0 Å². The minimum absolute atomic E-state index is 0.0806. The van der Waals surface area contributed by atoms with E-state index in [4.69, 9.17) is 0 Å². The number of urea groups is 1. The van der Waals surface area contributed by atoms with Crippen LogP contribution in [0.4, 0.5) is 4.79 Å². The molecule has 1 aliphatic rings. The summed E-state index contributed by atoms with van der Waals surface area (Å²) in [5.41, 5.74) is 0. The van der Waals surface area contributed by atoms with E-state index in [2.05, 4.69) is 22.5 Å². The van der Waals surface area contributed by atoms with E-state index in [1.165, 1.54) is 19.4 Å². The van der Waals surface area contributed by atoms with E-state index in [-0.39, 0.29) is 6.03 Å². The van der Waals surface area contributed by atoms with Crippen LogP contribution in [0, 0.1) is 0 Å². The molecule has 1 rings (SSSR count). The summed E-state index contributed by atoms with van der Waals surface area (Å²) in [6, 6.07) is 0.463. The predicted octanol–water partition coefficient (Wildman–Crippen LogP) is 1.43. The fraction of sp³-hybridized carbons (Fsp3) is 0.909. The van der Waals surface area contributed by atoms with Crippen LogP contribution in [0.25, 0.3) is 0 Å². The third kappa shape index (κ3) is 5.02. The van der Waals surface area contributed by atoms with Gasteiger partial charge in [0.05, 0.1) is 0 Å². The Morgan fingerprint density at radius 1 is 1.47 bits per heavy atom. The summed E-state index contributed by atoms with van der Waals surface area (Å²) < 4.78 is 0. The molecule has 4 heteroatoms. The molecular weight excluding hydrogens is 190 g/mol. The van der Waals surface area contributed by atoms with Crippen LogP contribution in [-0.2, 0) is 0 Å². The second-order valence-electron chi connectivity index (χ2n) is 3.38. The molecule has 1 heterocycles. The van der Waals surface area contributed by atoms with Gasteiger partial charge >= 0.3 is 6.03 Å². The van der Waals surface area contributed by atoms with Gasteiger partial charge in [-0.25, -0.2) is 4.79 Å². The van der Waals surface area contributed by atoms with E-state index >= 15 is 0 Å². The van der Waals surface area contributed by atoms with Crippen molar-refractivity contribution in [3.05, 3.63) is 0 Å². The lowest BCUT2D eigenvalue weighted by Gasteiger charge is -2.22. The fourth-order valence-electron chi connectivity index (χ4n) is 1.84. The zero-order chi connectivity index (χ0) is 11.7. The molecule has 0 radical (unpaired) electrons. The molecule has 0 bridgehead atoms. The predicted molar refractivity (Wildman–Crippen MR) is 64.1 cm³/mol. The molecule has 1 fully saturated rings. The molecular formula is C11H25N3O. The standard InChI is InChI=1S/C9H19N3O.C2H6/c1-3-12-6-4-5-8(12)7-11-9(13)10-2;1-2/h8H,3-7H2,1-2H3,(H2,10,11,13);1-2H3. The largest absolute Gasteiger partial charge is 0.341 e. The molecule has 1 aliphatic heterocycles. The fourth-order valence-corrected chi connectivity index (χ4v) is 1.84. The van der Waals surface area contributed by atoms with Crippen LogP contribution in [0.1, 0.15) is 33.6 Å². The van der Waals surface area contributed by atoms with E-state index in [1.807, 2.05) is 13.8 Å². The maximum Gasteiger partial charge on any atom is 0.314 e. The number of carbonyl (C=O) groups excluding carboxylic acids is 1. The summed E-state index contributed by atoms with van der Waals surface area (Å²) in [5, 5.41) is 5.40. The number of carbonyl (C=O) groups is 1. The molecule has 2 amide bonds. The molecule has 0 spiro atoms. The van der Waals surface area contributed by atoms with Crippen LogP contribution in [0.15, 0.2) is 0 Å². The molecule has 1 atom stereocenters. The Hall–Kier alpha value is -0.770.